The van der Waals surface area contributed by atoms with Gasteiger partial charge in [0, 0.05) is 25.4 Å². The zero-order chi connectivity index (χ0) is 23.1. The van der Waals surface area contributed by atoms with Gasteiger partial charge in [0.1, 0.15) is 5.69 Å². The maximum absolute atomic E-state index is 12.2. The normalized spacial score (nSPS) is 11.0. The third kappa shape index (κ3) is 6.14. The van der Waals surface area contributed by atoms with Crippen molar-refractivity contribution >= 4 is 27.1 Å². The van der Waals surface area contributed by atoms with E-state index in [1.54, 1.807) is 0 Å². The number of hydrogen-bond acceptors (Lipinski definition) is 6. The van der Waals surface area contributed by atoms with Gasteiger partial charge in [-0.1, -0.05) is 54.6 Å². The monoisotopic (exact) mass is 453 g/mol. The fraction of sp³-hybridized carbons (Fsp3) is 0.174. The summed E-state index contributed by atoms with van der Waals surface area (Å²) in [6.07, 6.45) is 1.21. The molecule has 2 N–H and O–H groups in total. The van der Waals surface area contributed by atoms with E-state index in [9.17, 15) is 23.3 Å². The van der Waals surface area contributed by atoms with Crippen LogP contribution in [-0.4, -0.2) is 38.6 Å². The quantitative estimate of drug-likeness (QED) is 0.291. The van der Waals surface area contributed by atoms with Crippen molar-refractivity contribution in [3.05, 3.63) is 88.5 Å². The highest BCUT2D eigenvalue weighted by Crippen LogP contribution is 2.27. The third-order valence-corrected chi connectivity index (χ3v) is 5.89. The predicted octanol–water partition coefficient (Wildman–Crippen LogP) is 3.44. The zero-order valence-electron chi connectivity index (χ0n) is 17.4. The molecule has 3 rings (SSSR count). The molecular weight excluding hydrogens is 430 g/mol. The number of carbonyl (C=O) groups excluding carboxylic acids is 1. The number of nitro benzene ring substituents is 1. The molecule has 8 nitrogen and oxygen atoms in total. The lowest BCUT2D eigenvalue weighted by Crippen LogP contribution is -2.30. The Hall–Kier alpha value is -3.72. The summed E-state index contributed by atoms with van der Waals surface area (Å²) >= 11 is 0. The minimum Gasteiger partial charge on any atom is -0.378 e. The molecule has 0 aliphatic heterocycles. The molecule has 0 aromatic heterocycles. The number of rotatable bonds is 9. The largest absolute Gasteiger partial charge is 0.378 e. The summed E-state index contributed by atoms with van der Waals surface area (Å²) in [6.45, 7) is 0.504. The van der Waals surface area contributed by atoms with Gasteiger partial charge < -0.3 is 10.6 Å². The summed E-state index contributed by atoms with van der Waals surface area (Å²) in [5.41, 5.74) is 2.91. The number of hydrogen-bond donors (Lipinski definition) is 2. The Kier molecular flexibility index (Phi) is 7.21. The molecule has 0 aliphatic carbocycles. The van der Waals surface area contributed by atoms with Crippen LogP contribution in [0.2, 0.25) is 0 Å². The van der Waals surface area contributed by atoms with Gasteiger partial charge in [0.15, 0.2) is 9.84 Å². The lowest BCUT2D eigenvalue weighted by atomic mass is 10.0. The molecule has 0 unspecified atom stereocenters. The Morgan fingerprint density at radius 3 is 2.22 bits per heavy atom. The fourth-order valence-corrected chi connectivity index (χ4v) is 3.78. The van der Waals surface area contributed by atoms with Crippen molar-refractivity contribution in [1.82, 2.24) is 5.32 Å². The third-order valence-electron chi connectivity index (χ3n) is 4.78. The molecule has 0 atom stereocenters. The van der Waals surface area contributed by atoms with E-state index in [0.29, 0.717) is 0 Å². The number of carbonyl (C=O) groups is 1. The minimum absolute atomic E-state index is 0.124. The van der Waals surface area contributed by atoms with Crippen LogP contribution in [0, 0.1) is 10.1 Å². The maximum atomic E-state index is 12.2. The van der Waals surface area contributed by atoms with E-state index >= 15 is 0 Å². The van der Waals surface area contributed by atoms with Crippen molar-refractivity contribution in [2.24, 2.45) is 0 Å². The van der Waals surface area contributed by atoms with Gasteiger partial charge in [-0.25, -0.2) is 8.42 Å². The van der Waals surface area contributed by atoms with Crippen LogP contribution >= 0.6 is 0 Å². The van der Waals surface area contributed by atoms with Crippen LogP contribution < -0.4 is 10.6 Å². The Balaban J connectivity index is 1.51. The molecule has 9 heteroatoms. The number of nitrogens with zero attached hydrogens (tertiary/aromatic N) is 1. The molecule has 32 heavy (non-hydrogen) atoms. The highest BCUT2D eigenvalue weighted by Gasteiger charge is 2.18. The Bertz CT molecular complexity index is 1210. The predicted molar refractivity (Wildman–Crippen MR) is 123 cm³/mol. The van der Waals surface area contributed by atoms with Gasteiger partial charge >= 0.3 is 0 Å². The topological polar surface area (TPSA) is 118 Å². The van der Waals surface area contributed by atoms with E-state index in [4.69, 9.17) is 0 Å². The average molecular weight is 454 g/mol. The highest BCUT2D eigenvalue weighted by molar-refractivity contribution is 7.90. The number of benzene rings is 3. The average Bonchev–Trinajstić information content (AvgIpc) is 2.77. The second-order valence-electron chi connectivity index (χ2n) is 7.22. The fourth-order valence-electron chi connectivity index (χ4n) is 3.14. The lowest BCUT2D eigenvalue weighted by Gasteiger charge is -2.10. The van der Waals surface area contributed by atoms with Crippen molar-refractivity contribution in [3.8, 4) is 11.1 Å². The molecular formula is C23H23N3O5S. The van der Waals surface area contributed by atoms with Crippen LogP contribution in [0.25, 0.3) is 11.1 Å². The van der Waals surface area contributed by atoms with E-state index in [0.717, 1.165) is 29.0 Å². The van der Waals surface area contributed by atoms with E-state index in [1.165, 1.54) is 12.1 Å². The molecule has 0 aliphatic rings. The standard InChI is InChI=1S/C23H23N3O5S/c1-32(30,31)20-11-12-21(22(16-20)26(28)29)24-13-14-25-23(27)15-17-7-9-19(10-8-17)18-5-3-2-4-6-18/h2-12,16,24H,13-15H2,1H3,(H,25,27). The zero-order valence-corrected chi connectivity index (χ0v) is 18.3. The molecule has 166 valence electrons. The lowest BCUT2D eigenvalue weighted by molar-refractivity contribution is -0.384. The number of amides is 1. The molecule has 0 fully saturated rings. The van der Waals surface area contributed by atoms with Gasteiger partial charge in [-0.3, -0.25) is 14.9 Å². The smallest absolute Gasteiger partial charge is 0.293 e. The number of nitrogens with one attached hydrogen (secondary N) is 2. The van der Waals surface area contributed by atoms with E-state index < -0.39 is 14.8 Å². The molecule has 3 aromatic carbocycles. The highest BCUT2D eigenvalue weighted by atomic mass is 32.2. The SMILES string of the molecule is CS(=O)(=O)c1ccc(NCCNC(=O)Cc2ccc(-c3ccccc3)cc2)c([N+](=O)[O-])c1. The first kappa shape index (κ1) is 23.0. The first-order valence-corrected chi connectivity index (χ1v) is 11.8. The molecule has 0 saturated heterocycles. The Morgan fingerprint density at radius 1 is 0.938 bits per heavy atom. The summed E-state index contributed by atoms with van der Waals surface area (Å²) in [7, 11) is -3.55. The molecule has 1 amide bonds. The van der Waals surface area contributed by atoms with Crippen molar-refractivity contribution in [2.45, 2.75) is 11.3 Å². The van der Waals surface area contributed by atoms with Crippen LogP contribution in [0.4, 0.5) is 11.4 Å². The number of anilines is 1. The molecule has 0 spiro atoms. The van der Waals surface area contributed by atoms with Gasteiger partial charge in [0.25, 0.3) is 5.69 Å². The van der Waals surface area contributed by atoms with Crippen molar-refractivity contribution in [3.63, 3.8) is 0 Å². The van der Waals surface area contributed by atoms with Crippen LogP contribution in [0.3, 0.4) is 0 Å². The summed E-state index contributed by atoms with van der Waals surface area (Å²) in [5.74, 6) is -0.166. The van der Waals surface area contributed by atoms with E-state index in [2.05, 4.69) is 10.6 Å². The van der Waals surface area contributed by atoms with Crippen LogP contribution in [0.15, 0.2) is 77.7 Å². The van der Waals surface area contributed by atoms with Gasteiger partial charge in [-0.15, -0.1) is 0 Å². The summed E-state index contributed by atoms with van der Waals surface area (Å²) < 4.78 is 23.2. The van der Waals surface area contributed by atoms with Crippen molar-refractivity contribution < 1.29 is 18.1 Å². The minimum atomic E-state index is -3.55. The van der Waals surface area contributed by atoms with E-state index in [-0.39, 0.29) is 41.7 Å². The number of sulfone groups is 1. The molecule has 0 heterocycles. The Morgan fingerprint density at radius 2 is 1.59 bits per heavy atom. The van der Waals surface area contributed by atoms with Gasteiger partial charge in [-0.05, 0) is 28.8 Å². The Labute approximate surface area is 186 Å². The van der Waals surface area contributed by atoms with Crippen molar-refractivity contribution in [2.75, 3.05) is 24.7 Å². The van der Waals surface area contributed by atoms with Crippen LogP contribution in [-0.2, 0) is 21.1 Å². The molecule has 0 radical (unpaired) electrons. The summed E-state index contributed by atoms with van der Waals surface area (Å²) in [5, 5.41) is 16.9. The van der Waals surface area contributed by atoms with Gasteiger partial charge in [0.2, 0.25) is 5.91 Å². The second kappa shape index (κ2) is 10.1. The first-order valence-electron chi connectivity index (χ1n) is 9.87. The van der Waals surface area contributed by atoms with Crippen LogP contribution in [0.1, 0.15) is 5.56 Å². The van der Waals surface area contributed by atoms with E-state index in [1.807, 2.05) is 54.6 Å². The first-order chi connectivity index (χ1) is 15.2. The molecule has 0 bridgehead atoms. The van der Waals surface area contributed by atoms with Gasteiger partial charge in [-0.2, -0.15) is 0 Å². The van der Waals surface area contributed by atoms with Crippen molar-refractivity contribution in [1.29, 1.82) is 0 Å². The number of nitro groups is 1. The molecule has 0 saturated carbocycles. The van der Waals surface area contributed by atoms with Gasteiger partial charge in [0.05, 0.1) is 16.2 Å². The maximum Gasteiger partial charge on any atom is 0.293 e. The molecule has 3 aromatic rings. The second-order valence-corrected chi connectivity index (χ2v) is 9.24. The van der Waals surface area contributed by atoms with Crippen LogP contribution in [0.5, 0.6) is 0 Å². The summed E-state index contributed by atoms with van der Waals surface area (Å²) in [6, 6.07) is 21.4. The summed E-state index contributed by atoms with van der Waals surface area (Å²) in [4.78, 5) is 22.7.